The van der Waals surface area contributed by atoms with Crippen molar-refractivity contribution < 1.29 is 28.7 Å². The molecule has 0 radical (unpaired) electrons. The molecule has 3 aromatic rings. The molecule has 0 saturated carbocycles. The van der Waals surface area contributed by atoms with Gasteiger partial charge in [-0.15, -0.1) is 0 Å². The van der Waals surface area contributed by atoms with Crippen LogP contribution in [-0.4, -0.2) is 48.5 Å². The lowest BCUT2D eigenvalue weighted by atomic mass is 9.83. The Morgan fingerprint density at radius 3 is 2.26 bits per heavy atom. The van der Waals surface area contributed by atoms with Gasteiger partial charge in [0, 0.05) is 11.8 Å². The molecule has 2 saturated heterocycles. The highest BCUT2D eigenvalue weighted by molar-refractivity contribution is 6.25. The Balaban J connectivity index is 1.49. The molecule has 1 unspecified atom stereocenters. The molecule has 3 aliphatic heterocycles. The number of carbonyl (C=O) groups excluding carboxylic acids is 4. The van der Waals surface area contributed by atoms with Crippen LogP contribution in [0.1, 0.15) is 44.8 Å². The molecular formula is C31H26N2O6. The van der Waals surface area contributed by atoms with Gasteiger partial charge in [-0.3, -0.25) is 19.2 Å². The SMILES string of the molecule is COc1ccc(OC)c(C(=O)[C@@H]2[C@@H]3C(=O)N(c4ccc(C(C)=O)cc4)C(=O)[C@@H]3C3c4ccccc4C=CN32)c1. The Bertz CT molecular complexity index is 1560. The number of imide groups is 1. The first-order valence-corrected chi connectivity index (χ1v) is 12.7. The predicted molar refractivity (Wildman–Crippen MR) is 144 cm³/mol. The van der Waals surface area contributed by atoms with Crippen molar-refractivity contribution in [2.45, 2.75) is 19.0 Å². The van der Waals surface area contributed by atoms with E-state index in [-0.39, 0.29) is 23.0 Å². The topological polar surface area (TPSA) is 93.2 Å². The fourth-order valence-corrected chi connectivity index (χ4v) is 6.12. The van der Waals surface area contributed by atoms with E-state index in [4.69, 9.17) is 9.47 Å². The zero-order chi connectivity index (χ0) is 27.4. The van der Waals surface area contributed by atoms with E-state index >= 15 is 0 Å². The third-order valence-corrected chi connectivity index (χ3v) is 7.93. The van der Waals surface area contributed by atoms with Crippen LogP contribution >= 0.6 is 0 Å². The van der Waals surface area contributed by atoms with Crippen LogP contribution in [0.2, 0.25) is 0 Å². The van der Waals surface area contributed by atoms with Gasteiger partial charge in [0.15, 0.2) is 11.6 Å². The zero-order valence-electron chi connectivity index (χ0n) is 21.7. The van der Waals surface area contributed by atoms with Crippen LogP contribution in [0.3, 0.4) is 0 Å². The molecule has 8 heteroatoms. The first-order chi connectivity index (χ1) is 18.8. The second kappa shape index (κ2) is 9.23. The molecule has 0 N–H and O–H groups in total. The summed E-state index contributed by atoms with van der Waals surface area (Å²) in [6.45, 7) is 1.46. The average Bonchev–Trinajstić information content (AvgIpc) is 3.44. The molecule has 2 amide bonds. The van der Waals surface area contributed by atoms with E-state index in [1.165, 1.54) is 26.0 Å². The highest BCUT2D eigenvalue weighted by Gasteiger charge is 2.64. The maximum atomic E-state index is 14.3. The van der Waals surface area contributed by atoms with Crippen molar-refractivity contribution in [3.05, 3.63) is 95.2 Å². The normalized spacial score (nSPS) is 22.8. The van der Waals surface area contributed by atoms with E-state index in [0.717, 1.165) is 11.1 Å². The van der Waals surface area contributed by atoms with Crippen LogP contribution in [0.15, 0.2) is 72.9 Å². The summed E-state index contributed by atoms with van der Waals surface area (Å²) in [7, 11) is 2.99. The number of rotatable bonds is 6. The third-order valence-electron chi connectivity index (χ3n) is 7.93. The van der Waals surface area contributed by atoms with Gasteiger partial charge in [0.25, 0.3) is 0 Å². The summed E-state index contributed by atoms with van der Waals surface area (Å²) in [5.74, 6) is -2.12. The Kier molecular flexibility index (Phi) is 5.83. The molecule has 8 nitrogen and oxygen atoms in total. The molecule has 3 aromatic carbocycles. The lowest BCUT2D eigenvalue weighted by molar-refractivity contribution is -0.123. The minimum atomic E-state index is -0.941. The summed E-state index contributed by atoms with van der Waals surface area (Å²) in [5.41, 5.74) is 2.96. The summed E-state index contributed by atoms with van der Waals surface area (Å²) in [4.78, 5) is 57.2. The predicted octanol–water partition coefficient (Wildman–Crippen LogP) is 4.30. The van der Waals surface area contributed by atoms with Gasteiger partial charge < -0.3 is 14.4 Å². The number of anilines is 1. The number of hydrogen-bond donors (Lipinski definition) is 0. The molecule has 6 rings (SSSR count). The smallest absolute Gasteiger partial charge is 0.240 e. The van der Waals surface area contributed by atoms with E-state index in [2.05, 4.69) is 0 Å². The number of benzene rings is 3. The van der Waals surface area contributed by atoms with E-state index in [0.29, 0.717) is 22.7 Å². The molecule has 0 aliphatic carbocycles. The van der Waals surface area contributed by atoms with Gasteiger partial charge in [-0.05, 0) is 66.6 Å². The summed E-state index contributed by atoms with van der Waals surface area (Å²) >= 11 is 0. The van der Waals surface area contributed by atoms with Crippen molar-refractivity contribution in [3.8, 4) is 11.5 Å². The molecule has 39 heavy (non-hydrogen) atoms. The van der Waals surface area contributed by atoms with Crippen LogP contribution in [0.4, 0.5) is 5.69 Å². The molecule has 196 valence electrons. The van der Waals surface area contributed by atoms with E-state index in [1.54, 1.807) is 42.5 Å². The van der Waals surface area contributed by atoms with Crippen molar-refractivity contribution in [1.29, 1.82) is 0 Å². The van der Waals surface area contributed by atoms with Gasteiger partial charge in [-0.25, -0.2) is 4.90 Å². The first-order valence-electron chi connectivity index (χ1n) is 12.7. The van der Waals surface area contributed by atoms with Crippen LogP contribution in [0.25, 0.3) is 6.08 Å². The lowest BCUT2D eigenvalue weighted by Crippen LogP contribution is -2.44. The average molecular weight is 523 g/mol. The largest absolute Gasteiger partial charge is 0.497 e. The van der Waals surface area contributed by atoms with Crippen LogP contribution in [0.5, 0.6) is 11.5 Å². The standard InChI is InChI=1S/C31H26N2O6/c1-17(34)18-8-10-20(11-9-18)33-30(36)25-26(31(33)37)28(29(35)23-16-21(38-2)12-13-24(23)39-3)32-15-14-19-6-4-5-7-22(19)27(25)32/h4-16,25-28H,1-3H3/t25-,26+,27?,28-/m0/s1. The van der Waals surface area contributed by atoms with Crippen molar-refractivity contribution >= 4 is 35.1 Å². The molecule has 0 aromatic heterocycles. The van der Waals surface area contributed by atoms with Crippen molar-refractivity contribution in [3.63, 3.8) is 0 Å². The lowest BCUT2D eigenvalue weighted by Gasteiger charge is -2.35. The number of ketones is 2. The van der Waals surface area contributed by atoms with Crippen molar-refractivity contribution in [2.24, 2.45) is 11.8 Å². The van der Waals surface area contributed by atoms with Gasteiger partial charge in [0.05, 0.1) is 43.3 Å². The Hall–Kier alpha value is -4.72. The third kappa shape index (κ3) is 3.66. The maximum absolute atomic E-state index is 14.3. The number of methoxy groups -OCH3 is 2. The molecule has 4 atom stereocenters. The summed E-state index contributed by atoms with van der Waals surface area (Å²) < 4.78 is 10.9. The number of Topliss-reactive ketones (excluding diaryl/α,β-unsaturated/α-hetero) is 2. The maximum Gasteiger partial charge on any atom is 0.240 e. The fourth-order valence-electron chi connectivity index (χ4n) is 6.12. The summed E-state index contributed by atoms with van der Waals surface area (Å²) in [6, 6.07) is 17.6. The molecule has 3 aliphatic rings. The second-order valence-electron chi connectivity index (χ2n) is 9.88. The first kappa shape index (κ1) is 24.6. The Morgan fingerprint density at radius 1 is 0.846 bits per heavy atom. The van der Waals surface area contributed by atoms with Gasteiger partial charge >= 0.3 is 0 Å². The van der Waals surface area contributed by atoms with E-state index in [9.17, 15) is 19.2 Å². The number of hydrogen-bond acceptors (Lipinski definition) is 7. The number of amides is 2. The monoisotopic (exact) mass is 522 g/mol. The minimum absolute atomic E-state index is 0.114. The molecule has 3 heterocycles. The second-order valence-corrected chi connectivity index (χ2v) is 9.88. The molecule has 0 bridgehead atoms. The van der Waals surface area contributed by atoms with Gasteiger partial charge in [0.1, 0.15) is 17.5 Å². The van der Waals surface area contributed by atoms with Gasteiger partial charge in [0.2, 0.25) is 11.8 Å². The van der Waals surface area contributed by atoms with Crippen molar-refractivity contribution in [1.82, 2.24) is 4.90 Å². The summed E-state index contributed by atoms with van der Waals surface area (Å²) in [5, 5.41) is 0. The summed E-state index contributed by atoms with van der Waals surface area (Å²) in [6.07, 6.45) is 3.72. The van der Waals surface area contributed by atoms with E-state index in [1.807, 2.05) is 41.4 Å². The number of ether oxygens (including phenoxy) is 2. The quantitative estimate of drug-likeness (QED) is 0.352. The highest BCUT2D eigenvalue weighted by atomic mass is 16.5. The van der Waals surface area contributed by atoms with Crippen molar-refractivity contribution in [2.75, 3.05) is 19.1 Å². The number of fused-ring (bicyclic) bond motifs is 5. The van der Waals surface area contributed by atoms with Crippen LogP contribution in [-0.2, 0) is 9.59 Å². The Morgan fingerprint density at radius 2 is 1.56 bits per heavy atom. The van der Waals surface area contributed by atoms with Crippen LogP contribution in [0, 0.1) is 11.8 Å². The highest BCUT2D eigenvalue weighted by Crippen LogP contribution is 2.54. The number of carbonyl (C=O) groups is 4. The van der Waals surface area contributed by atoms with Gasteiger partial charge in [-0.2, -0.15) is 0 Å². The van der Waals surface area contributed by atoms with E-state index < -0.39 is 29.8 Å². The fraction of sp³-hybridized carbons (Fsp3) is 0.226. The van der Waals surface area contributed by atoms with Crippen LogP contribution < -0.4 is 14.4 Å². The molecule has 0 spiro atoms. The van der Waals surface area contributed by atoms with Gasteiger partial charge in [-0.1, -0.05) is 24.3 Å². The number of nitrogens with zero attached hydrogens (tertiary/aromatic N) is 2. The minimum Gasteiger partial charge on any atom is -0.497 e. The molecule has 2 fully saturated rings. The zero-order valence-corrected chi connectivity index (χ0v) is 21.7. The Labute approximate surface area is 225 Å². The molecular weight excluding hydrogens is 496 g/mol.